The molecule has 0 aliphatic heterocycles. The number of likely N-dealkylation sites (N-methyl/N-ethyl adjacent to an activating group) is 1. The first-order valence-electron chi connectivity index (χ1n) is 8.99. The van der Waals surface area contributed by atoms with Crippen LogP contribution >= 0.6 is 35.0 Å². The lowest BCUT2D eigenvalue weighted by Crippen LogP contribution is -2.47. The molecule has 0 bridgehead atoms. The number of nitro benzene ring substituents is 1. The molecule has 10 heteroatoms. The zero-order chi connectivity index (χ0) is 22.3. The van der Waals surface area contributed by atoms with E-state index in [4.69, 9.17) is 23.2 Å². The number of nitrogens with one attached hydrogen (secondary N) is 1. The van der Waals surface area contributed by atoms with Gasteiger partial charge in [-0.25, -0.2) is 0 Å². The molecule has 0 aliphatic rings. The number of carbonyl (C=O) groups is 2. The number of benzene rings is 2. The third-order valence-corrected chi connectivity index (χ3v) is 6.14. The molecule has 0 aliphatic carbocycles. The van der Waals surface area contributed by atoms with Crippen molar-refractivity contribution in [2.45, 2.75) is 25.3 Å². The molecular formula is C20H21Cl2N3O4S. The summed E-state index contributed by atoms with van der Waals surface area (Å²) in [7, 11) is 1.51. The van der Waals surface area contributed by atoms with Gasteiger partial charge in [-0.05, 0) is 24.6 Å². The Morgan fingerprint density at radius 3 is 2.30 bits per heavy atom. The van der Waals surface area contributed by atoms with E-state index in [1.165, 1.54) is 35.8 Å². The van der Waals surface area contributed by atoms with Gasteiger partial charge in [0.1, 0.15) is 6.04 Å². The lowest BCUT2D eigenvalue weighted by Gasteiger charge is -2.29. The highest BCUT2D eigenvalue weighted by Gasteiger charge is 2.26. The Bertz CT molecular complexity index is 905. The first kappa shape index (κ1) is 24.0. The van der Waals surface area contributed by atoms with Gasteiger partial charge in [0, 0.05) is 47.1 Å². The molecule has 0 saturated carbocycles. The monoisotopic (exact) mass is 469 g/mol. The molecule has 30 heavy (non-hydrogen) atoms. The molecule has 160 valence electrons. The van der Waals surface area contributed by atoms with E-state index in [2.05, 4.69) is 5.32 Å². The van der Waals surface area contributed by atoms with Crippen LogP contribution in [0.1, 0.15) is 18.1 Å². The lowest BCUT2D eigenvalue weighted by molar-refractivity contribution is -0.384. The van der Waals surface area contributed by atoms with Gasteiger partial charge in [0.15, 0.2) is 0 Å². The molecular weight excluding hydrogens is 449 g/mol. The molecule has 2 rings (SSSR count). The molecule has 0 radical (unpaired) electrons. The highest BCUT2D eigenvalue weighted by molar-refractivity contribution is 7.99. The average molecular weight is 470 g/mol. The molecule has 2 aromatic rings. The summed E-state index contributed by atoms with van der Waals surface area (Å²) in [6.45, 7) is 1.74. The highest BCUT2D eigenvalue weighted by atomic mass is 35.5. The third kappa shape index (κ3) is 6.35. The molecule has 1 atom stereocenters. The number of non-ortho nitro benzene ring substituents is 1. The molecule has 2 aromatic carbocycles. The number of hydrogen-bond acceptors (Lipinski definition) is 5. The zero-order valence-corrected chi connectivity index (χ0v) is 18.8. The summed E-state index contributed by atoms with van der Waals surface area (Å²) < 4.78 is 0. The van der Waals surface area contributed by atoms with Gasteiger partial charge in [0.2, 0.25) is 11.8 Å². The van der Waals surface area contributed by atoms with Crippen LogP contribution in [0.15, 0.2) is 42.5 Å². The SMILES string of the molecule is CNC(=O)C(C)N(Cc1c(Cl)cccc1Cl)C(=O)CSCc1ccc([N+](=O)[O-])cc1. The van der Waals surface area contributed by atoms with Gasteiger partial charge in [0.05, 0.1) is 10.7 Å². The topological polar surface area (TPSA) is 92.6 Å². The minimum Gasteiger partial charge on any atom is -0.357 e. The fourth-order valence-electron chi connectivity index (χ4n) is 2.70. The van der Waals surface area contributed by atoms with Crippen LogP contribution < -0.4 is 5.32 Å². The Balaban J connectivity index is 2.08. The van der Waals surface area contributed by atoms with Crippen molar-refractivity contribution >= 4 is 52.5 Å². The van der Waals surface area contributed by atoms with Crippen LogP contribution in [0.25, 0.3) is 0 Å². The van der Waals surface area contributed by atoms with Crippen molar-refractivity contribution in [3.05, 3.63) is 73.8 Å². The fourth-order valence-corrected chi connectivity index (χ4v) is 4.09. The smallest absolute Gasteiger partial charge is 0.269 e. The molecule has 0 aromatic heterocycles. The second-order valence-corrected chi connectivity index (χ2v) is 8.23. The van der Waals surface area contributed by atoms with Crippen LogP contribution in [-0.2, 0) is 21.9 Å². The Hall–Kier alpha value is -2.29. The van der Waals surface area contributed by atoms with Crippen LogP contribution in [-0.4, -0.2) is 40.5 Å². The summed E-state index contributed by atoms with van der Waals surface area (Å²) in [5.41, 5.74) is 1.45. The van der Waals surface area contributed by atoms with Crippen molar-refractivity contribution in [2.75, 3.05) is 12.8 Å². The number of amides is 2. The minimum atomic E-state index is -0.713. The fraction of sp³-hybridized carbons (Fsp3) is 0.300. The maximum absolute atomic E-state index is 12.9. The van der Waals surface area contributed by atoms with Crippen LogP contribution in [0.3, 0.4) is 0 Å². The predicted molar refractivity (Wildman–Crippen MR) is 120 cm³/mol. The number of nitrogens with zero attached hydrogens (tertiary/aromatic N) is 2. The minimum absolute atomic E-state index is 0.0158. The zero-order valence-electron chi connectivity index (χ0n) is 16.4. The standard InChI is InChI=1S/C20H21Cl2N3O4S/c1-13(20(27)23-2)24(10-16-17(21)4-3-5-18(16)22)19(26)12-30-11-14-6-8-15(9-7-14)25(28)29/h3-9,13H,10-12H2,1-2H3,(H,23,27). The molecule has 1 N–H and O–H groups in total. The largest absolute Gasteiger partial charge is 0.357 e. The van der Waals surface area contributed by atoms with E-state index in [1.54, 1.807) is 37.3 Å². The van der Waals surface area contributed by atoms with Gasteiger partial charge in [-0.2, -0.15) is 0 Å². The van der Waals surface area contributed by atoms with Crippen molar-refractivity contribution in [3.8, 4) is 0 Å². The van der Waals surface area contributed by atoms with E-state index >= 15 is 0 Å². The van der Waals surface area contributed by atoms with Gasteiger partial charge in [0.25, 0.3) is 5.69 Å². The maximum atomic E-state index is 12.9. The predicted octanol–water partition coefficient (Wildman–Crippen LogP) is 4.30. The van der Waals surface area contributed by atoms with Gasteiger partial charge in [-0.1, -0.05) is 41.4 Å². The summed E-state index contributed by atoms with van der Waals surface area (Å²) in [5, 5.41) is 14.1. The number of rotatable bonds is 9. The van der Waals surface area contributed by atoms with Crippen molar-refractivity contribution in [1.29, 1.82) is 0 Å². The van der Waals surface area contributed by atoms with Gasteiger partial charge < -0.3 is 10.2 Å². The average Bonchev–Trinajstić information content (AvgIpc) is 2.72. The van der Waals surface area contributed by atoms with Crippen molar-refractivity contribution < 1.29 is 14.5 Å². The van der Waals surface area contributed by atoms with E-state index in [0.29, 0.717) is 21.4 Å². The molecule has 0 saturated heterocycles. The van der Waals surface area contributed by atoms with Gasteiger partial charge in [-0.3, -0.25) is 19.7 Å². The number of nitro groups is 1. The molecule has 7 nitrogen and oxygen atoms in total. The van der Waals surface area contributed by atoms with E-state index in [-0.39, 0.29) is 29.8 Å². The maximum Gasteiger partial charge on any atom is 0.269 e. The quantitative estimate of drug-likeness (QED) is 0.436. The van der Waals surface area contributed by atoms with Gasteiger partial charge in [-0.15, -0.1) is 11.8 Å². The number of hydrogen-bond donors (Lipinski definition) is 1. The van der Waals surface area contributed by atoms with Crippen LogP contribution in [0.2, 0.25) is 10.0 Å². The highest BCUT2D eigenvalue weighted by Crippen LogP contribution is 2.27. The summed E-state index contributed by atoms with van der Waals surface area (Å²) >= 11 is 13.8. The molecule has 0 spiro atoms. The van der Waals surface area contributed by atoms with E-state index in [9.17, 15) is 19.7 Å². The second-order valence-electron chi connectivity index (χ2n) is 6.43. The third-order valence-electron chi connectivity index (χ3n) is 4.45. The van der Waals surface area contributed by atoms with Crippen molar-refractivity contribution in [3.63, 3.8) is 0 Å². The molecule has 0 heterocycles. The number of carbonyl (C=O) groups excluding carboxylic acids is 2. The van der Waals surface area contributed by atoms with Crippen LogP contribution in [0, 0.1) is 10.1 Å². The molecule has 1 unspecified atom stereocenters. The molecule has 0 fully saturated rings. The Morgan fingerprint density at radius 2 is 1.77 bits per heavy atom. The van der Waals surface area contributed by atoms with E-state index < -0.39 is 11.0 Å². The Morgan fingerprint density at radius 1 is 1.17 bits per heavy atom. The van der Waals surface area contributed by atoms with E-state index in [0.717, 1.165) is 5.56 Å². The Labute approximate surface area is 188 Å². The van der Waals surface area contributed by atoms with Crippen LogP contribution in [0.5, 0.6) is 0 Å². The Kier molecular flexibility index (Phi) is 8.95. The first-order chi connectivity index (χ1) is 14.2. The van der Waals surface area contributed by atoms with E-state index in [1.807, 2.05) is 0 Å². The summed E-state index contributed by atoms with van der Waals surface area (Å²) in [6.07, 6.45) is 0. The molecule has 2 amide bonds. The van der Waals surface area contributed by atoms with Crippen LogP contribution in [0.4, 0.5) is 5.69 Å². The summed E-state index contributed by atoms with van der Waals surface area (Å²) in [6, 6.07) is 10.5. The van der Waals surface area contributed by atoms with Crippen molar-refractivity contribution in [2.24, 2.45) is 0 Å². The lowest BCUT2D eigenvalue weighted by atomic mass is 10.1. The van der Waals surface area contributed by atoms with Gasteiger partial charge >= 0.3 is 0 Å². The van der Waals surface area contributed by atoms with Crippen molar-refractivity contribution in [1.82, 2.24) is 10.2 Å². The normalized spacial score (nSPS) is 11.6. The second kappa shape index (κ2) is 11.2. The first-order valence-corrected chi connectivity index (χ1v) is 10.9. The summed E-state index contributed by atoms with van der Waals surface area (Å²) in [4.78, 5) is 36.8. The summed E-state index contributed by atoms with van der Waals surface area (Å²) in [5.74, 6) is 0.0833. The number of halogens is 2. The number of thioether (sulfide) groups is 1.